The number of rotatable bonds is 9. The second kappa shape index (κ2) is 10.6. The fourth-order valence-corrected chi connectivity index (χ4v) is 2.70. The molecule has 31 heavy (non-hydrogen) atoms. The number of allylic oxidation sites excluding steroid dienone is 2. The number of phenols is 2. The summed E-state index contributed by atoms with van der Waals surface area (Å²) in [5.74, 6) is -4.41. The van der Waals surface area contributed by atoms with Gasteiger partial charge in [-0.15, -0.1) is 0 Å². The Morgan fingerprint density at radius 2 is 1.19 bits per heavy atom. The van der Waals surface area contributed by atoms with Crippen LogP contribution in [0.25, 0.3) is 12.2 Å². The first-order chi connectivity index (χ1) is 14.8. The second-order valence-electron chi connectivity index (χ2n) is 6.22. The van der Waals surface area contributed by atoms with Crippen molar-refractivity contribution >= 4 is 29.7 Å². The third-order valence-corrected chi connectivity index (χ3v) is 4.36. The quantitative estimate of drug-likeness (QED) is 0.357. The lowest BCUT2D eigenvalue weighted by atomic mass is 9.97. The zero-order valence-corrected chi connectivity index (χ0v) is 17.2. The standard InChI is InChI=1S/C23H22O8/c1-29-18-8-4-6-14(21(18)26)10-12-16(24)20(23(28)31-3)17(25)13-11-15-7-5-9-19(30-2)22(15)27/h4-13,20,26-27H,1-3H3. The van der Waals surface area contributed by atoms with E-state index >= 15 is 0 Å². The maximum atomic E-state index is 12.6. The Hall–Kier alpha value is -4.07. The molecule has 0 aliphatic carbocycles. The Bertz CT molecular complexity index is 960. The number of ether oxygens (including phenoxy) is 3. The summed E-state index contributed by atoms with van der Waals surface area (Å²) >= 11 is 0. The van der Waals surface area contributed by atoms with E-state index in [4.69, 9.17) is 9.47 Å². The molecule has 0 aliphatic rings. The lowest BCUT2D eigenvalue weighted by Gasteiger charge is -2.09. The predicted molar refractivity (Wildman–Crippen MR) is 113 cm³/mol. The topological polar surface area (TPSA) is 119 Å². The summed E-state index contributed by atoms with van der Waals surface area (Å²) in [4.78, 5) is 37.2. The second-order valence-corrected chi connectivity index (χ2v) is 6.22. The Morgan fingerprint density at radius 3 is 1.55 bits per heavy atom. The van der Waals surface area contributed by atoms with Crippen LogP contribution in [-0.2, 0) is 19.1 Å². The number of methoxy groups -OCH3 is 3. The van der Waals surface area contributed by atoms with Gasteiger partial charge < -0.3 is 24.4 Å². The van der Waals surface area contributed by atoms with E-state index in [1.807, 2.05) is 0 Å². The van der Waals surface area contributed by atoms with Crippen molar-refractivity contribution in [3.63, 3.8) is 0 Å². The molecule has 0 radical (unpaired) electrons. The van der Waals surface area contributed by atoms with Gasteiger partial charge in [-0.1, -0.05) is 24.3 Å². The van der Waals surface area contributed by atoms with E-state index in [0.29, 0.717) is 0 Å². The van der Waals surface area contributed by atoms with Gasteiger partial charge in [0.2, 0.25) is 0 Å². The van der Waals surface area contributed by atoms with Crippen molar-refractivity contribution < 1.29 is 38.8 Å². The first-order valence-corrected chi connectivity index (χ1v) is 9.07. The van der Waals surface area contributed by atoms with E-state index in [1.54, 1.807) is 12.1 Å². The first-order valence-electron chi connectivity index (χ1n) is 9.07. The fraction of sp³-hybridized carbons (Fsp3) is 0.174. The van der Waals surface area contributed by atoms with Gasteiger partial charge in [0.15, 0.2) is 40.5 Å². The molecule has 0 saturated carbocycles. The van der Waals surface area contributed by atoms with Gasteiger partial charge in [0, 0.05) is 11.1 Å². The Kier molecular flexibility index (Phi) is 7.96. The molecule has 0 fully saturated rings. The number of esters is 1. The highest BCUT2D eigenvalue weighted by molar-refractivity contribution is 6.24. The van der Waals surface area contributed by atoms with Crippen LogP contribution in [0.1, 0.15) is 11.1 Å². The summed E-state index contributed by atoms with van der Waals surface area (Å²) < 4.78 is 14.6. The monoisotopic (exact) mass is 426 g/mol. The average Bonchev–Trinajstić information content (AvgIpc) is 2.77. The number of hydrogen-bond donors (Lipinski definition) is 2. The fourth-order valence-electron chi connectivity index (χ4n) is 2.70. The van der Waals surface area contributed by atoms with E-state index in [2.05, 4.69) is 4.74 Å². The molecule has 8 heteroatoms. The molecule has 0 aromatic heterocycles. The van der Waals surface area contributed by atoms with Gasteiger partial charge in [-0.2, -0.15) is 0 Å². The number of carbonyl (C=O) groups is 3. The summed E-state index contributed by atoms with van der Waals surface area (Å²) in [6.07, 6.45) is 4.54. The van der Waals surface area contributed by atoms with Gasteiger partial charge in [-0.05, 0) is 36.4 Å². The third kappa shape index (κ3) is 5.51. The predicted octanol–water partition coefficient (Wildman–Crippen LogP) is 2.77. The largest absolute Gasteiger partial charge is 0.504 e. The molecule has 2 aromatic carbocycles. The van der Waals surface area contributed by atoms with E-state index in [9.17, 15) is 24.6 Å². The summed E-state index contributed by atoms with van der Waals surface area (Å²) in [6, 6.07) is 9.34. The minimum absolute atomic E-state index is 0.191. The zero-order valence-electron chi connectivity index (χ0n) is 17.2. The highest BCUT2D eigenvalue weighted by atomic mass is 16.5. The van der Waals surface area contributed by atoms with Crippen LogP contribution < -0.4 is 9.47 Å². The lowest BCUT2D eigenvalue weighted by molar-refractivity contribution is -0.150. The van der Waals surface area contributed by atoms with Crippen LogP contribution in [0.15, 0.2) is 48.6 Å². The molecule has 0 atom stereocenters. The molecule has 0 aliphatic heterocycles. The van der Waals surface area contributed by atoms with E-state index in [-0.39, 0.29) is 34.1 Å². The van der Waals surface area contributed by atoms with Gasteiger partial charge >= 0.3 is 5.97 Å². The minimum atomic E-state index is -1.74. The molecule has 0 unspecified atom stereocenters. The van der Waals surface area contributed by atoms with Crippen LogP contribution in [-0.4, -0.2) is 49.1 Å². The smallest absolute Gasteiger partial charge is 0.324 e. The van der Waals surface area contributed by atoms with Crippen LogP contribution in [0.4, 0.5) is 0 Å². The lowest BCUT2D eigenvalue weighted by Crippen LogP contribution is -2.30. The normalized spacial score (nSPS) is 12.0. The zero-order chi connectivity index (χ0) is 23.0. The summed E-state index contributed by atoms with van der Waals surface area (Å²) in [7, 11) is 3.82. The van der Waals surface area contributed by atoms with Crippen molar-refractivity contribution in [3.8, 4) is 23.0 Å². The van der Waals surface area contributed by atoms with Crippen molar-refractivity contribution in [2.75, 3.05) is 21.3 Å². The van der Waals surface area contributed by atoms with Crippen LogP contribution in [0.2, 0.25) is 0 Å². The molecular weight excluding hydrogens is 404 g/mol. The number of aromatic hydroxyl groups is 2. The summed E-state index contributed by atoms with van der Waals surface area (Å²) in [5.41, 5.74) is 0.529. The van der Waals surface area contributed by atoms with Gasteiger partial charge in [-0.3, -0.25) is 14.4 Å². The van der Waals surface area contributed by atoms with E-state index < -0.39 is 23.5 Å². The van der Waals surface area contributed by atoms with Gasteiger partial charge in [-0.25, -0.2) is 0 Å². The maximum absolute atomic E-state index is 12.6. The van der Waals surface area contributed by atoms with E-state index in [0.717, 1.165) is 19.3 Å². The molecule has 162 valence electrons. The molecular formula is C23H22O8. The maximum Gasteiger partial charge on any atom is 0.324 e. The summed E-state index contributed by atoms with van der Waals surface area (Å²) in [5, 5.41) is 20.2. The number of hydrogen-bond acceptors (Lipinski definition) is 8. The molecule has 0 saturated heterocycles. The minimum Gasteiger partial charge on any atom is -0.504 e. The van der Waals surface area contributed by atoms with Crippen LogP contribution in [0.5, 0.6) is 23.0 Å². The molecule has 2 N–H and O–H groups in total. The molecule has 8 nitrogen and oxygen atoms in total. The SMILES string of the molecule is COC(=O)C(C(=O)C=Cc1cccc(OC)c1O)C(=O)C=Cc1cccc(OC)c1O. The number of ketones is 2. The molecule has 2 rings (SSSR count). The number of para-hydroxylation sites is 2. The van der Waals surface area contributed by atoms with Gasteiger partial charge in [0.05, 0.1) is 21.3 Å². The highest BCUT2D eigenvalue weighted by Gasteiger charge is 2.31. The van der Waals surface area contributed by atoms with Gasteiger partial charge in [0.25, 0.3) is 0 Å². The van der Waals surface area contributed by atoms with Crippen LogP contribution in [0.3, 0.4) is 0 Å². The number of phenolic OH excluding ortho intramolecular Hbond substituents is 2. The molecule has 0 heterocycles. The Balaban J connectivity index is 2.28. The Labute approximate surface area is 179 Å². The van der Waals surface area contributed by atoms with Crippen molar-refractivity contribution in [1.82, 2.24) is 0 Å². The molecule has 2 aromatic rings. The molecule has 0 amide bonds. The Morgan fingerprint density at radius 1 is 0.774 bits per heavy atom. The van der Waals surface area contributed by atoms with Gasteiger partial charge in [0.1, 0.15) is 0 Å². The average molecular weight is 426 g/mol. The van der Waals surface area contributed by atoms with Crippen molar-refractivity contribution in [2.24, 2.45) is 5.92 Å². The number of carbonyl (C=O) groups excluding carboxylic acids is 3. The van der Waals surface area contributed by atoms with Crippen molar-refractivity contribution in [3.05, 3.63) is 59.7 Å². The van der Waals surface area contributed by atoms with Crippen molar-refractivity contribution in [1.29, 1.82) is 0 Å². The first kappa shape index (κ1) is 23.2. The summed E-state index contributed by atoms with van der Waals surface area (Å²) in [6.45, 7) is 0. The molecule has 0 spiro atoms. The highest BCUT2D eigenvalue weighted by Crippen LogP contribution is 2.31. The van der Waals surface area contributed by atoms with E-state index in [1.165, 1.54) is 50.6 Å². The van der Waals surface area contributed by atoms with Crippen molar-refractivity contribution in [2.45, 2.75) is 0 Å². The van der Waals surface area contributed by atoms with Crippen LogP contribution in [0, 0.1) is 5.92 Å². The number of benzene rings is 2. The molecule has 0 bridgehead atoms. The third-order valence-electron chi connectivity index (χ3n) is 4.36. The van der Waals surface area contributed by atoms with Crippen LogP contribution >= 0.6 is 0 Å².